The standard InChI is InChI=1S/C23H18Cl2FNO5/c24-18-10-9-17(11-19(18)25)31-12-20(29)22-21(13-1-7-16(28)8-2-13)27(23(30)32-22)15-5-3-14(26)4-6-15/h1-11,20-22,28-29H,12H2/t20?,21-,22?/m1/s1. The number of aromatic hydroxyl groups is 1. The maximum Gasteiger partial charge on any atom is 0.415 e. The van der Waals surface area contributed by atoms with E-state index in [1.165, 1.54) is 47.4 Å². The quantitative estimate of drug-likeness (QED) is 0.500. The molecular formula is C23H18Cl2FNO5. The van der Waals surface area contributed by atoms with Gasteiger partial charge in [-0.05, 0) is 54.1 Å². The molecule has 1 heterocycles. The van der Waals surface area contributed by atoms with Gasteiger partial charge in [-0.2, -0.15) is 0 Å². The molecule has 1 amide bonds. The number of hydrogen-bond acceptors (Lipinski definition) is 5. The Kier molecular flexibility index (Phi) is 6.41. The first-order valence-electron chi connectivity index (χ1n) is 9.64. The zero-order valence-corrected chi connectivity index (χ0v) is 18.0. The number of phenolic OH excluding ortho intramolecular Hbond substituents is 1. The summed E-state index contributed by atoms with van der Waals surface area (Å²) < 4.78 is 24.5. The zero-order valence-electron chi connectivity index (χ0n) is 16.5. The van der Waals surface area contributed by atoms with E-state index in [0.29, 0.717) is 27.0 Å². The SMILES string of the molecule is O=C1OC(C(O)COc2ccc(Cl)c(Cl)c2)[C@@H](c2ccc(O)cc2)N1c1ccc(F)cc1. The molecule has 3 aromatic carbocycles. The van der Waals surface area contributed by atoms with Crippen LogP contribution in [0.4, 0.5) is 14.9 Å². The van der Waals surface area contributed by atoms with Gasteiger partial charge in [0.25, 0.3) is 0 Å². The molecule has 2 N–H and O–H groups in total. The number of nitrogens with zero attached hydrogens (tertiary/aromatic N) is 1. The first kappa shape index (κ1) is 22.2. The fourth-order valence-corrected chi connectivity index (χ4v) is 3.80. The average molecular weight is 478 g/mol. The monoisotopic (exact) mass is 477 g/mol. The van der Waals surface area contributed by atoms with Crippen LogP contribution in [0.15, 0.2) is 66.7 Å². The summed E-state index contributed by atoms with van der Waals surface area (Å²) in [6.45, 7) is -0.193. The van der Waals surface area contributed by atoms with Gasteiger partial charge < -0.3 is 19.7 Å². The molecule has 0 bridgehead atoms. The van der Waals surface area contributed by atoms with Gasteiger partial charge >= 0.3 is 6.09 Å². The van der Waals surface area contributed by atoms with E-state index in [2.05, 4.69) is 0 Å². The van der Waals surface area contributed by atoms with Crippen molar-refractivity contribution in [2.24, 2.45) is 0 Å². The molecule has 3 atom stereocenters. The van der Waals surface area contributed by atoms with E-state index < -0.39 is 30.2 Å². The van der Waals surface area contributed by atoms with E-state index in [1.807, 2.05) is 0 Å². The Morgan fingerprint density at radius 3 is 2.38 bits per heavy atom. The van der Waals surface area contributed by atoms with E-state index in [9.17, 15) is 19.4 Å². The van der Waals surface area contributed by atoms with Crippen molar-refractivity contribution in [3.8, 4) is 11.5 Å². The van der Waals surface area contributed by atoms with E-state index >= 15 is 0 Å². The number of rotatable bonds is 6. The van der Waals surface area contributed by atoms with Crippen molar-refractivity contribution in [1.82, 2.24) is 0 Å². The Morgan fingerprint density at radius 1 is 1.03 bits per heavy atom. The highest BCUT2D eigenvalue weighted by molar-refractivity contribution is 6.42. The number of aliphatic hydroxyl groups excluding tert-OH is 1. The van der Waals surface area contributed by atoms with Crippen LogP contribution in [-0.4, -0.2) is 35.1 Å². The van der Waals surface area contributed by atoms with Gasteiger partial charge in [0.1, 0.15) is 36.1 Å². The number of carbonyl (C=O) groups is 1. The minimum atomic E-state index is -1.21. The summed E-state index contributed by atoms with van der Waals surface area (Å²) in [7, 11) is 0. The fourth-order valence-electron chi connectivity index (χ4n) is 3.51. The summed E-state index contributed by atoms with van der Waals surface area (Å²) in [6, 6.07) is 15.5. The van der Waals surface area contributed by atoms with Gasteiger partial charge in [-0.3, -0.25) is 4.90 Å². The fraction of sp³-hybridized carbons (Fsp3) is 0.174. The molecule has 6 nitrogen and oxygen atoms in total. The van der Waals surface area contributed by atoms with Crippen molar-refractivity contribution in [2.75, 3.05) is 11.5 Å². The number of cyclic esters (lactones) is 1. The Balaban J connectivity index is 1.61. The molecular weight excluding hydrogens is 460 g/mol. The number of phenols is 1. The summed E-state index contributed by atoms with van der Waals surface area (Å²) in [6.07, 6.45) is -2.91. The number of ether oxygens (including phenoxy) is 2. The van der Waals surface area contributed by atoms with Gasteiger partial charge in [-0.25, -0.2) is 9.18 Å². The second-order valence-electron chi connectivity index (χ2n) is 7.19. The molecule has 166 valence electrons. The number of anilines is 1. The Labute approximate surface area is 193 Å². The molecule has 0 saturated carbocycles. The van der Waals surface area contributed by atoms with E-state index in [-0.39, 0.29) is 12.4 Å². The maximum atomic E-state index is 13.4. The molecule has 1 aliphatic rings. The van der Waals surface area contributed by atoms with Crippen LogP contribution in [0.2, 0.25) is 10.0 Å². The van der Waals surface area contributed by atoms with Crippen LogP contribution >= 0.6 is 23.2 Å². The smallest absolute Gasteiger partial charge is 0.415 e. The Hall–Kier alpha value is -3.00. The first-order chi connectivity index (χ1) is 15.3. The maximum absolute atomic E-state index is 13.4. The summed E-state index contributed by atoms with van der Waals surface area (Å²) in [5, 5.41) is 21.2. The van der Waals surface area contributed by atoms with Gasteiger partial charge in [0.15, 0.2) is 6.10 Å². The second kappa shape index (κ2) is 9.24. The number of hydrogen-bond donors (Lipinski definition) is 2. The molecule has 0 spiro atoms. The van der Waals surface area contributed by atoms with Crippen LogP contribution in [0.5, 0.6) is 11.5 Å². The molecule has 4 rings (SSSR count). The zero-order chi connectivity index (χ0) is 22.8. The summed E-state index contributed by atoms with van der Waals surface area (Å²) in [4.78, 5) is 14.1. The highest BCUT2D eigenvalue weighted by Gasteiger charge is 2.47. The molecule has 1 aliphatic heterocycles. The number of halogens is 3. The third-order valence-corrected chi connectivity index (χ3v) is 5.79. The van der Waals surface area contributed by atoms with Gasteiger partial charge in [0.2, 0.25) is 0 Å². The third-order valence-electron chi connectivity index (χ3n) is 5.05. The normalized spacial score (nSPS) is 19.0. The molecule has 9 heteroatoms. The molecule has 0 aromatic heterocycles. The van der Waals surface area contributed by atoms with Crippen molar-refractivity contribution < 1.29 is 28.9 Å². The lowest BCUT2D eigenvalue weighted by atomic mass is 9.96. The molecule has 3 aromatic rings. The first-order valence-corrected chi connectivity index (χ1v) is 10.4. The van der Waals surface area contributed by atoms with Crippen molar-refractivity contribution in [1.29, 1.82) is 0 Å². The predicted molar refractivity (Wildman–Crippen MR) is 118 cm³/mol. The van der Waals surface area contributed by atoms with Crippen molar-refractivity contribution >= 4 is 35.0 Å². The average Bonchev–Trinajstić information content (AvgIpc) is 3.12. The number of benzene rings is 3. The third kappa shape index (κ3) is 4.60. The van der Waals surface area contributed by atoms with Gasteiger partial charge in [0, 0.05) is 11.8 Å². The van der Waals surface area contributed by atoms with Crippen LogP contribution in [0.3, 0.4) is 0 Å². The highest BCUT2D eigenvalue weighted by Crippen LogP contribution is 2.39. The minimum absolute atomic E-state index is 0.0485. The molecule has 2 unspecified atom stereocenters. The largest absolute Gasteiger partial charge is 0.508 e. The Bertz CT molecular complexity index is 1110. The molecule has 1 fully saturated rings. The molecule has 1 saturated heterocycles. The molecule has 0 radical (unpaired) electrons. The lowest BCUT2D eigenvalue weighted by molar-refractivity contribution is -0.00646. The van der Waals surface area contributed by atoms with Crippen molar-refractivity contribution in [3.05, 3.63) is 88.2 Å². The lowest BCUT2D eigenvalue weighted by Gasteiger charge is -2.27. The summed E-state index contributed by atoms with van der Waals surface area (Å²) >= 11 is 11.9. The van der Waals surface area contributed by atoms with Gasteiger partial charge in [-0.1, -0.05) is 35.3 Å². The second-order valence-corrected chi connectivity index (χ2v) is 8.00. The number of aliphatic hydroxyl groups is 1. The highest BCUT2D eigenvalue weighted by atomic mass is 35.5. The van der Waals surface area contributed by atoms with Gasteiger partial charge in [-0.15, -0.1) is 0 Å². The van der Waals surface area contributed by atoms with Crippen LogP contribution in [0, 0.1) is 5.82 Å². The van der Waals surface area contributed by atoms with E-state index in [0.717, 1.165) is 0 Å². The number of amides is 1. The topological polar surface area (TPSA) is 79.2 Å². The lowest BCUT2D eigenvalue weighted by Crippen LogP contribution is -2.38. The van der Waals surface area contributed by atoms with Gasteiger partial charge in [0.05, 0.1) is 10.0 Å². The van der Waals surface area contributed by atoms with Crippen LogP contribution in [0.1, 0.15) is 11.6 Å². The molecule has 32 heavy (non-hydrogen) atoms. The summed E-state index contributed by atoms with van der Waals surface area (Å²) in [5.41, 5.74) is 1.01. The van der Waals surface area contributed by atoms with Crippen LogP contribution < -0.4 is 9.64 Å². The van der Waals surface area contributed by atoms with E-state index in [4.69, 9.17) is 32.7 Å². The van der Waals surface area contributed by atoms with E-state index in [1.54, 1.807) is 24.3 Å². The molecule has 0 aliphatic carbocycles. The van der Waals surface area contributed by atoms with Crippen molar-refractivity contribution in [2.45, 2.75) is 18.2 Å². The van der Waals surface area contributed by atoms with Crippen molar-refractivity contribution in [3.63, 3.8) is 0 Å². The van der Waals surface area contributed by atoms with Crippen LogP contribution in [-0.2, 0) is 4.74 Å². The number of carbonyl (C=O) groups excluding carboxylic acids is 1. The predicted octanol–water partition coefficient (Wildman–Crippen LogP) is 5.34. The Morgan fingerprint density at radius 2 is 1.72 bits per heavy atom. The van der Waals surface area contributed by atoms with Crippen LogP contribution in [0.25, 0.3) is 0 Å². The summed E-state index contributed by atoms with van der Waals surface area (Å²) in [5.74, 6) is -0.0131. The minimum Gasteiger partial charge on any atom is -0.508 e.